The molecule has 3 N–H and O–H groups in total. The van der Waals surface area contributed by atoms with Gasteiger partial charge in [-0.25, -0.2) is 0 Å². The Hall–Kier alpha value is -1.43. The molecule has 1 atom stereocenters. The van der Waals surface area contributed by atoms with Crippen molar-refractivity contribution in [3.05, 3.63) is 23.0 Å². The van der Waals surface area contributed by atoms with Crippen LogP contribution in [0.15, 0.2) is 11.2 Å². The van der Waals surface area contributed by atoms with Gasteiger partial charge >= 0.3 is 0 Å². The van der Waals surface area contributed by atoms with Crippen LogP contribution in [0, 0.1) is 13.8 Å². The number of hydrogen-bond donors (Lipinski definition) is 2. The van der Waals surface area contributed by atoms with Gasteiger partial charge in [0.2, 0.25) is 0 Å². The van der Waals surface area contributed by atoms with Crippen molar-refractivity contribution in [2.75, 3.05) is 23.5 Å². The molecule has 0 spiro atoms. The molecule has 6 heteroatoms. The molecule has 1 aromatic rings. The van der Waals surface area contributed by atoms with Gasteiger partial charge in [-0.05, 0) is 32.1 Å². The maximum absolute atomic E-state index is 8.97. The summed E-state index contributed by atoms with van der Waals surface area (Å²) >= 11 is 1.97. The highest BCUT2D eigenvalue weighted by Crippen LogP contribution is 2.29. The van der Waals surface area contributed by atoms with Gasteiger partial charge in [-0.3, -0.25) is 4.98 Å². The highest BCUT2D eigenvalue weighted by Gasteiger charge is 2.24. The van der Waals surface area contributed by atoms with Gasteiger partial charge < -0.3 is 15.8 Å². The lowest BCUT2D eigenvalue weighted by Gasteiger charge is -2.28. The molecule has 1 aliphatic heterocycles. The van der Waals surface area contributed by atoms with Crippen LogP contribution in [0.4, 0.5) is 5.69 Å². The highest BCUT2D eigenvalue weighted by atomic mass is 32.2. The van der Waals surface area contributed by atoms with Crippen molar-refractivity contribution in [2.45, 2.75) is 26.3 Å². The molecule has 0 bridgehead atoms. The molecule has 0 radical (unpaired) electrons. The average molecular weight is 280 g/mol. The number of nitrogens with zero attached hydrogens (tertiary/aromatic N) is 3. The first-order chi connectivity index (χ1) is 9.04. The summed E-state index contributed by atoms with van der Waals surface area (Å²) in [7, 11) is 2.07. The second-order valence-corrected chi connectivity index (χ2v) is 6.01. The monoisotopic (exact) mass is 280 g/mol. The molecule has 0 aliphatic carbocycles. The summed E-state index contributed by atoms with van der Waals surface area (Å²) in [6.45, 7) is 3.85. The summed E-state index contributed by atoms with van der Waals surface area (Å²) < 4.78 is 0. The standard InChI is InChI=1S/C13H20N4OS/c1-8-6-11(17(3)10-4-5-19-7-10)12(9(2)15-8)13(14)16-18/h6,10,18H,4-5,7H2,1-3H3,(H2,14,16). The molecule has 1 aliphatic rings. The summed E-state index contributed by atoms with van der Waals surface area (Å²) in [5.74, 6) is 2.43. The third kappa shape index (κ3) is 2.78. The van der Waals surface area contributed by atoms with Gasteiger partial charge in [0.25, 0.3) is 0 Å². The Bertz CT molecular complexity index is 498. The number of nitrogens with two attached hydrogens (primary N) is 1. The zero-order chi connectivity index (χ0) is 14.0. The zero-order valence-electron chi connectivity index (χ0n) is 11.6. The first-order valence-electron chi connectivity index (χ1n) is 6.31. The van der Waals surface area contributed by atoms with Crippen molar-refractivity contribution in [3.63, 3.8) is 0 Å². The summed E-state index contributed by atoms with van der Waals surface area (Å²) in [4.78, 5) is 6.64. The van der Waals surface area contributed by atoms with E-state index < -0.39 is 0 Å². The predicted octanol–water partition coefficient (Wildman–Crippen LogP) is 1.73. The zero-order valence-corrected chi connectivity index (χ0v) is 12.4. The van der Waals surface area contributed by atoms with E-state index in [0.717, 1.165) is 34.8 Å². The number of oxime groups is 1. The quantitative estimate of drug-likeness (QED) is 0.382. The number of pyridine rings is 1. The number of thioether (sulfide) groups is 1. The maximum Gasteiger partial charge on any atom is 0.174 e. The second kappa shape index (κ2) is 5.69. The molecule has 104 valence electrons. The van der Waals surface area contributed by atoms with E-state index in [1.807, 2.05) is 31.7 Å². The Kier molecular flexibility index (Phi) is 4.19. The molecule has 0 saturated carbocycles. The summed E-state index contributed by atoms with van der Waals surface area (Å²) in [6, 6.07) is 2.50. The minimum Gasteiger partial charge on any atom is -0.409 e. The summed E-state index contributed by atoms with van der Waals surface area (Å²) in [6.07, 6.45) is 1.16. The van der Waals surface area contributed by atoms with Crippen LogP contribution in [-0.4, -0.2) is 40.6 Å². The summed E-state index contributed by atoms with van der Waals surface area (Å²) in [5, 5.41) is 12.1. The number of rotatable bonds is 3. The molecule has 1 fully saturated rings. The van der Waals surface area contributed by atoms with Crippen LogP contribution in [0.1, 0.15) is 23.4 Å². The first-order valence-corrected chi connectivity index (χ1v) is 7.46. The molecule has 1 aromatic heterocycles. The fraction of sp³-hybridized carbons (Fsp3) is 0.538. The minimum atomic E-state index is 0.123. The topological polar surface area (TPSA) is 74.7 Å². The van der Waals surface area contributed by atoms with E-state index in [2.05, 4.69) is 22.1 Å². The number of hydrogen-bond acceptors (Lipinski definition) is 5. The third-order valence-corrected chi connectivity index (χ3v) is 4.65. The van der Waals surface area contributed by atoms with Gasteiger partial charge in [0.15, 0.2) is 5.84 Å². The Labute approximate surface area is 117 Å². The minimum absolute atomic E-state index is 0.123. The Balaban J connectivity index is 2.47. The van der Waals surface area contributed by atoms with Crippen LogP contribution in [0.2, 0.25) is 0 Å². The SMILES string of the molecule is Cc1cc(N(C)C2CCSC2)c(/C(N)=N/O)c(C)n1. The molecule has 2 rings (SSSR count). The Morgan fingerprint density at radius 1 is 1.58 bits per heavy atom. The van der Waals surface area contributed by atoms with E-state index in [-0.39, 0.29) is 5.84 Å². The lowest BCUT2D eigenvalue weighted by molar-refractivity contribution is 0.318. The number of aromatic nitrogens is 1. The molecular weight excluding hydrogens is 260 g/mol. The highest BCUT2D eigenvalue weighted by molar-refractivity contribution is 7.99. The van der Waals surface area contributed by atoms with E-state index in [4.69, 9.17) is 10.9 Å². The fourth-order valence-electron chi connectivity index (χ4n) is 2.48. The van der Waals surface area contributed by atoms with Crippen LogP contribution < -0.4 is 10.6 Å². The van der Waals surface area contributed by atoms with Gasteiger partial charge in [-0.1, -0.05) is 5.16 Å². The molecule has 0 amide bonds. The second-order valence-electron chi connectivity index (χ2n) is 4.86. The maximum atomic E-state index is 8.97. The van der Waals surface area contributed by atoms with Gasteiger partial charge in [0.05, 0.1) is 16.9 Å². The molecule has 1 unspecified atom stereocenters. The van der Waals surface area contributed by atoms with E-state index in [1.54, 1.807) is 0 Å². The average Bonchev–Trinajstić information content (AvgIpc) is 2.90. The lowest BCUT2D eigenvalue weighted by atomic mass is 10.1. The fourth-order valence-corrected chi connectivity index (χ4v) is 3.74. The van der Waals surface area contributed by atoms with Crippen molar-refractivity contribution in [2.24, 2.45) is 10.9 Å². The summed E-state index contributed by atoms with van der Waals surface area (Å²) in [5.41, 5.74) is 9.27. The van der Waals surface area contributed by atoms with Gasteiger partial charge in [-0.15, -0.1) is 0 Å². The first kappa shape index (κ1) is 14.0. The molecule has 0 aromatic carbocycles. The molecule has 5 nitrogen and oxygen atoms in total. The smallest absolute Gasteiger partial charge is 0.174 e. The van der Waals surface area contributed by atoms with E-state index in [1.165, 1.54) is 5.75 Å². The lowest BCUT2D eigenvalue weighted by Crippen LogP contribution is -2.34. The Morgan fingerprint density at radius 3 is 2.89 bits per heavy atom. The van der Waals surface area contributed by atoms with Crippen LogP contribution in [0.5, 0.6) is 0 Å². The number of amidine groups is 1. The molecule has 2 heterocycles. The largest absolute Gasteiger partial charge is 0.409 e. The van der Waals surface area contributed by atoms with Gasteiger partial charge in [0.1, 0.15) is 0 Å². The molecule has 19 heavy (non-hydrogen) atoms. The predicted molar refractivity (Wildman–Crippen MR) is 80.4 cm³/mol. The normalized spacial score (nSPS) is 19.7. The number of aryl methyl sites for hydroxylation is 2. The van der Waals surface area contributed by atoms with Crippen molar-refractivity contribution >= 4 is 23.3 Å². The van der Waals surface area contributed by atoms with Gasteiger partial charge in [-0.2, -0.15) is 11.8 Å². The van der Waals surface area contributed by atoms with Gasteiger partial charge in [0, 0.05) is 24.5 Å². The van der Waals surface area contributed by atoms with E-state index in [9.17, 15) is 0 Å². The van der Waals surface area contributed by atoms with Crippen molar-refractivity contribution in [3.8, 4) is 0 Å². The van der Waals surface area contributed by atoms with E-state index in [0.29, 0.717) is 6.04 Å². The third-order valence-electron chi connectivity index (χ3n) is 3.50. The van der Waals surface area contributed by atoms with Crippen LogP contribution in [0.25, 0.3) is 0 Å². The van der Waals surface area contributed by atoms with Crippen molar-refractivity contribution < 1.29 is 5.21 Å². The van der Waals surface area contributed by atoms with Crippen LogP contribution in [-0.2, 0) is 0 Å². The Morgan fingerprint density at radius 2 is 2.32 bits per heavy atom. The molecule has 1 saturated heterocycles. The van der Waals surface area contributed by atoms with Crippen molar-refractivity contribution in [1.82, 2.24) is 4.98 Å². The molecular formula is C13H20N4OS. The van der Waals surface area contributed by atoms with Crippen LogP contribution >= 0.6 is 11.8 Å². The number of anilines is 1. The van der Waals surface area contributed by atoms with Crippen LogP contribution in [0.3, 0.4) is 0 Å². The van der Waals surface area contributed by atoms with E-state index >= 15 is 0 Å². The van der Waals surface area contributed by atoms with Crippen molar-refractivity contribution in [1.29, 1.82) is 0 Å².